The normalized spacial score (nSPS) is 37.1. The van der Waals surface area contributed by atoms with Crippen molar-refractivity contribution in [2.24, 2.45) is 11.8 Å². The van der Waals surface area contributed by atoms with E-state index in [4.69, 9.17) is 4.74 Å². The monoisotopic (exact) mass is 280 g/mol. The zero-order valence-electron chi connectivity index (χ0n) is 12.6. The number of rotatable bonds is 4. The summed E-state index contributed by atoms with van der Waals surface area (Å²) < 4.78 is 5.58. The van der Waals surface area contributed by atoms with Gasteiger partial charge in [-0.2, -0.15) is 0 Å². The number of nitrogens with one attached hydrogen (secondary N) is 1. The number of carbonyl (C=O) groups is 1. The van der Waals surface area contributed by atoms with Crippen molar-refractivity contribution in [2.45, 2.75) is 57.5 Å². The molecule has 1 amide bonds. The molecule has 0 aromatic rings. The fourth-order valence-electron chi connectivity index (χ4n) is 4.27. The van der Waals surface area contributed by atoms with Crippen molar-refractivity contribution in [3.8, 4) is 0 Å². The van der Waals surface area contributed by atoms with Crippen LogP contribution in [0.3, 0.4) is 0 Å². The van der Waals surface area contributed by atoms with Gasteiger partial charge in [0.2, 0.25) is 5.91 Å². The topological polar surface area (TPSA) is 41.6 Å². The molecule has 2 heterocycles. The number of fused-ring (bicyclic) bond motifs is 1. The van der Waals surface area contributed by atoms with Crippen LogP contribution in [0.1, 0.15) is 45.4 Å². The van der Waals surface area contributed by atoms with Crippen LogP contribution < -0.4 is 5.32 Å². The maximum absolute atomic E-state index is 12.9. The second kappa shape index (κ2) is 6.44. The first-order valence-electron chi connectivity index (χ1n) is 8.43. The second-order valence-electron chi connectivity index (χ2n) is 6.64. The maximum Gasteiger partial charge on any atom is 0.229 e. The van der Waals surface area contributed by atoms with Crippen molar-refractivity contribution in [1.82, 2.24) is 10.2 Å². The van der Waals surface area contributed by atoms with E-state index in [-0.39, 0.29) is 12.0 Å². The maximum atomic E-state index is 12.9. The largest absolute Gasteiger partial charge is 0.379 e. The van der Waals surface area contributed by atoms with Crippen LogP contribution >= 0.6 is 0 Å². The van der Waals surface area contributed by atoms with Crippen LogP contribution in [0, 0.1) is 11.8 Å². The summed E-state index contributed by atoms with van der Waals surface area (Å²) in [5, 5.41) is 3.49. The molecule has 2 aliphatic heterocycles. The van der Waals surface area contributed by atoms with E-state index in [0.29, 0.717) is 25.2 Å². The molecule has 0 spiro atoms. The van der Waals surface area contributed by atoms with Gasteiger partial charge in [0, 0.05) is 18.6 Å². The second-order valence-corrected chi connectivity index (χ2v) is 6.64. The van der Waals surface area contributed by atoms with E-state index in [9.17, 15) is 4.79 Å². The standard InChI is InChI=1S/C16H28N2O2/c1-2-8-17-14-11-20-10-13(14)16(19)18-9-4-6-12-5-3-7-15(12)18/h12-15,17H,2-11H2,1H3. The van der Waals surface area contributed by atoms with Gasteiger partial charge >= 0.3 is 0 Å². The molecule has 3 fully saturated rings. The number of carbonyl (C=O) groups excluding carboxylic acids is 1. The first kappa shape index (κ1) is 14.3. The van der Waals surface area contributed by atoms with Crippen molar-refractivity contribution < 1.29 is 9.53 Å². The molecule has 4 nitrogen and oxygen atoms in total. The first-order valence-corrected chi connectivity index (χ1v) is 8.43. The van der Waals surface area contributed by atoms with Gasteiger partial charge in [0.1, 0.15) is 0 Å². The predicted molar refractivity (Wildman–Crippen MR) is 78.5 cm³/mol. The Hall–Kier alpha value is -0.610. The van der Waals surface area contributed by atoms with Crippen molar-refractivity contribution in [1.29, 1.82) is 0 Å². The van der Waals surface area contributed by atoms with E-state index in [0.717, 1.165) is 25.4 Å². The van der Waals surface area contributed by atoms with Crippen LogP contribution in [0.15, 0.2) is 0 Å². The quantitative estimate of drug-likeness (QED) is 0.853. The summed E-state index contributed by atoms with van der Waals surface area (Å²) in [5.41, 5.74) is 0. The van der Waals surface area contributed by atoms with Gasteiger partial charge in [-0.1, -0.05) is 13.3 Å². The zero-order chi connectivity index (χ0) is 13.9. The molecule has 0 aromatic heterocycles. The van der Waals surface area contributed by atoms with Crippen LogP contribution in [-0.2, 0) is 9.53 Å². The lowest BCUT2D eigenvalue weighted by Crippen LogP contribution is -2.52. The van der Waals surface area contributed by atoms with Gasteiger partial charge in [-0.05, 0) is 44.6 Å². The molecule has 3 rings (SSSR count). The van der Waals surface area contributed by atoms with Crippen molar-refractivity contribution >= 4 is 5.91 Å². The molecule has 1 aliphatic carbocycles. The predicted octanol–water partition coefficient (Wildman–Crippen LogP) is 1.79. The fourth-order valence-corrected chi connectivity index (χ4v) is 4.27. The number of nitrogens with zero attached hydrogens (tertiary/aromatic N) is 1. The summed E-state index contributed by atoms with van der Waals surface area (Å²) in [4.78, 5) is 15.1. The van der Waals surface area contributed by atoms with Gasteiger partial charge < -0.3 is 15.0 Å². The third-order valence-electron chi connectivity index (χ3n) is 5.33. The number of ether oxygens (including phenoxy) is 1. The molecule has 114 valence electrons. The van der Waals surface area contributed by atoms with Gasteiger partial charge in [-0.3, -0.25) is 4.79 Å². The van der Waals surface area contributed by atoms with E-state index < -0.39 is 0 Å². The Balaban J connectivity index is 1.64. The minimum Gasteiger partial charge on any atom is -0.379 e. The SMILES string of the molecule is CCCNC1COCC1C(=O)N1CCCC2CCCC21. The van der Waals surface area contributed by atoms with Gasteiger partial charge in [0.15, 0.2) is 0 Å². The highest BCUT2D eigenvalue weighted by molar-refractivity contribution is 5.80. The summed E-state index contributed by atoms with van der Waals surface area (Å²) in [6.45, 7) is 5.40. The van der Waals surface area contributed by atoms with Gasteiger partial charge in [0.05, 0.1) is 19.1 Å². The summed E-state index contributed by atoms with van der Waals surface area (Å²) in [6, 6.07) is 0.757. The molecule has 4 heteroatoms. The Bertz CT molecular complexity index is 347. The van der Waals surface area contributed by atoms with E-state index in [2.05, 4.69) is 17.1 Å². The van der Waals surface area contributed by atoms with Gasteiger partial charge in [-0.25, -0.2) is 0 Å². The smallest absolute Gasteiger partial charge is 0.229 e. The molecule has 0 radical (unpaired) electrons. The van der Waals surface area contributed by atoms with E-state index in [1.165, 1.54) is 32.1 Å². The highest BCUT2D eigenvalue weighted by Gasteiger charge is 2.42. The fraction of sp³-hybridized carbons (Fsp3) is 0.938. The van der Waals surface area contributed by atoms with E-state index >= 15 is 0 Å². The van der Waals surface area contributed by atoms with Crippen LogP contribution in [0.25, 0.3) is 0 Å². The molecular weight excluding hydrogens is 252 g/mol. The number of hydrogen-bond acceptors (Lipinski definition) is 3. The Morgan fingerprint density at radius 1 is 1.25 bits per heavy atom. The molecular formula is C16H28N2O2. The molecule has 1 N–H and O–H groups in total. The van der Waals surface area contributed by atoms with Crippen LogP contribution in [0.4, 0.5) is 0 Å². The first-order chi connectivity index (χ1) is 9.81. The zero-order valence-corrected chi connectivity index (χ0v) is 12.6. The van der Waals surface area contributed by atoms with Crippen molar-refractivity contribution in [3.05, 3.63) is 0 Å². The molecule has 2 saturated heterocycles. The van der Waals surface area contributed by atoms with Crippen molar-refractivity contribution in [3.63, 3.8) is 0 Å². The minimum atomic E-state index is 0.0425. The summed E-state index contributed by atoms with van der Waals surface area (Å²) >= 11 is 0. The van der Waals surface area contributed by atoms with Crippen molar-refractivity contribution in [2.75, 3.05) is 26.3 Å². The molecule has 4 unspecified atom stereocenters. The average Bonchev–Trinajstić information content (AvgIpc) is 3.12. The van der Waals surface area contributed by atoms with Gasteiger partial charge in [0.25, 0.3) is 0 Å². The number of likely N-dealkylation sites (tertiary alicyclic amines) is 1. The molecule has 3 aliphatic rings. The highest BCUT2D eigenvalue weighted by Crippen LogP contribution is 2.37. The lowest BCUT2D eigenvalue weighted by Gasteiger charge is -2.39. The number of hydrogen-bond donors (Lipinski definition) is 1. The van der Waals surface area contributed by atoms with Crippen LogP contribution in [0.5, 0.6) is 0 Å². The molecule has 4 atom stereocenters. The average molecular weight is 280 g/mol. The third kappa shape index (κ3) is 2.73. The summed E-state index contributed by atoms with van der Waals surface area (Å²) in [6.07, 6.45) is 7.47. The Morgan fingerprint density at radius 2 is 2.10 bits per heavy atom. The minimum absolute atomic E-state index is 0.0425. The third-order valence-corrected chi connectivity index (χ3v) is 5.33. The van der Waals surface area contributed by atoms with Crippen LogP contribution in [-0.4, -0.2) is 49.2 Å². The molecule has 0 bridgehead atoms. The van der Waals surface area contributed by atoms with E-state index in [1.807, 2.05) is 0 Å². The Labute approximate surface area is 122 Å². The Morgan fingerprint density at radius 3 is 2.95 bits per heavy atom. The molecule has 20 heavy (non-hydrogen) atoms. The molecule has 1 saturated carbocycles. The lowest BCUT2D eigenvalue weighted by molar-refractivity contribution is -0.140. The summed E-state index contributed by atoms with van der Waals surface area (Å²) in [5.74, 6) is 1.17. The lowest BCUT2D eigenvalue weighted by atomic mass is 9.90. The number of amides is 1. The van der Waals surface area contributed by atoms with Crippen LogP contribution in [0.2, 0.25) is 0 Å². The summed E-state index contributed by atoms with van der Waals surface area (Å²) in [7, 11) is 0. The highest BCUT2D eigenvalue weighted by atomic mass is 16.5. The Kier molecular flexibility index (Phi) is 4.61. The molecule has 0 aromatic carbocycles. The number of piperidine rings is 1. The van der Waals surface area contributed by atoms with E-state index in [1.54, 1.807) is 0 Å². The van der Waals surface area contributed by atoms with Gasteiger partial charge in [-0.15, -0.1) is 0 Å².